The number of nitrogens with zero attached hydrogens (tertiary/aromatic N) is 1. The van der Waals surface area contributed by atoms with Gasteiger partial charge in [-0.2, -0.15) is 0 Å². The molecule has 0 radical (unpaired) electrons. The van der Waals surface area contributed by atoms with Crippen LogP contribution in [0.3, 0.4) is 0 Å². The van der Waals surface area contributed by atoms with Gasteiger partial charge in [-0.05, 0) is 11.1 Å². The second kappa shape index (κ2) is 8.32. The molecule has 2 aromatic carbocycles. The Morgan fingerprint density at radius 1 is 1.00 bits per heavy atom. The van der Waals surface area contributed by atoms with Gasteiger partial charge in [0.05, 0.1) is 13.7 Å². The largest absolute Gasteiger partial charge is 0.468 e. The zero-order valence-corrected chi connectivity index (χ0v) is 12.7. The monoisotopic (exact) mass is 299 g/mol. The van der Waals surface area contributed by atoms with Crippen LogP contribution in [0.15, 0.2) is 60.7 Å². The first-order valence-electron chi connectivity index (χ1n) is 7.25. The maximum absolute atomic E-state index is 11.9. The van der Waals surface area contributed by atoms with Crippen molar-refractivity contribution in [3.05, 3.63) is 71.8 Å². The van der Waals surface area contributed by atoms with Crippen molar-refractivity contribution in [1.29, 1.82) is 0 Å². The minimum absolute atomic E-state index is 0.271. The van der Waals surface area contributed by atoms with Gasteiger partial charge in [0.2, 0.25) is 0 Å². The van der Waals surface area contributed by atoms with Gasteiger partial charge in [-0.25, -0.2) is 0 Å². The van der Waals surface area contributed by atoms with Crippen molar-refractivity contribution in [2.24, 2.45) is 0 Å². The van der Waals surface area contributed by atoms with E-state index in [1.54, 1.807) is 0 Å². The fraction of sp³-hybridized carbons (Fsp3) is 0.278. The number of ether oxygens (including phenoxy) is 1. The van der Waals surface area contributed by atoms with Gasteiger partial charge in [0, 0.05) is 13.1 Å². The van der Waals surface area contributed by atoms with Crippen LogP contribution in [-0.4, -0.2) is 35.7 Å². The van der Waals surface area contributed by atoms with Crippen molar-refractivity contribution in [3.63, 3.8) is 0 Å². The molecular formula is C18H21NO3. The quantitative estimate of drug-likeness (QED) is 0.797. The van der Waals surface area contributed by atoms with Crippen LogP contribution in [0.1, 0.15) is 11.1 Å². The van der Waals surface area contributed by atoms with Gasteiger partial charge in [-0.15, -0.1) is 0 Å². The number of esters is 1. The van der Waals surface area contributed by atoms with E-state index in [1.807, 2.05) is 65.6 Å². The summed E-state index contributed by atoms with van der Waals surface area (Å²) in [7, 11) is 1.34. The maximum Gasteiger partial charge on any atom is 0.325 e. The summed E-state index contributed by atoms with van der Waals surface area (Å²) in [5.41, 5.74) is 2.17. The third-order valence-electron chi connectivity index (χ3n) is 3.54. The number of aliphatic hydroxyl groups is 1. The van der Waals surface area contributed by atoms with Crippen LogP contribution < -0.4 is 0 Å². The van der Waals surface area contributed by atoms with Gasteiger partial charge in [-0.3, -0.25) is 9.69 Å². The van der Waals surface area contributed by atoms with E-state index in [4.69, 9.17) is 4.74 Å². The molecule has 0 fully saturated rings. The molecule has 0 bridgehead atoms. The Labute approximate surface area is 131 Å². The summed E-state index contributed by atoms with van der Waals surface area (Å²) in [5.74, 6) is -0.422. The molecule has 0 aliphatic rings. The second-order valence-corrected chi connectivity index (χ2v) is 5.10. The van der Waals surface area contributed by atoms with E-state index in [0.29, 0.717) is 13.1 Å². The van der Waals surface area contributed by atoms with Gasteiger partial charge in [-0.1, -0.05) is 60.7 Å². The third-order valence-corrected chi connectivity index (χ3v) is 3.54. The summed E-state index contributed by atoms with van der Waals surface area (Å²) in [6.07, 6.45) is 0. The van der Waals surface area contributed by atoms with Crippen LogP contribution in [0.4, 0.5) is 0 Å². The standard InChI is InChI=1S/C18H21NO3/c1-22-18(21)17(14-20)19(12-15-8-4-2-5-9-15)13-16-10-6-3-7-11-16/h2-11,17,20H,12-14H2,1H3/t17-/m1/s1. The van der Waals surface area contributed by atoms with Gasteiger partial charge in [0.25, 0.3) is 0 Å². The van der Waals surface area contributed by atoms with Crippen molar-refractivity contribution in [2.75, 3.05) is 13.7 Å². The summed E-state index contributed by atoms with van der Waals surface area (Å²) in [4.78, 5) is 13.9. The molecule has 0 aromatic heterocycles. The zero-order chi connectivity index (χ0) is 15.8. The van der Waals surface area contributed by atoms with Crippen molar-refractivity contribution < 1.29 is 14.6 Å². The van der Waals surface area contributed by atoms with Crippen LogP contribution in [0.5, 0.6) is 0 Å². The van der Waals surface area contributed by atoms with Crippen LogP contribution in [0.2, 0.25) is 0 Å². The van der Waals surface area contributed by atoms with E-state index in [-0.39, 0.29) is 6.61 Å². The molecule has 2 rings (SSSR count). The van der Waals surface area contributed by atoms with Crippen molar-refractivity contribution >= 4 is 5.97 Å². The average molecular weight is 299 g/mol. The fourth-order valence-corrected chi connectivity index (χ4v) is 2.39. The smallest absolute Gasteiger partial charge is 0.325 e. The lowest BCUT2D eigenvalue weighted by Gasteiger charge is -2.28. The number of hydrogen-bond donors (Lipinski definition) is 1. The molecule has 0 spiro atoms. The molecular weight excluding hydrogens is 278 g/mol. The molecule has 0 amide bonds. The first-order valence-corrected chi connectivity index (χ1v) is 7.25. The van der Waals surface area contributed by atoms with Gasteiger partial charge < -0.3 is 9.84 Å². The summed E-state index contributed by atoms with van der Waals surface area (Å²) < 4.78 is 4.82. The fourth-order valence-electron chi connectivity index (χ4n) is 2.39. The van der Waals surface area contributed by atoms with E-state index < -0.39 is 12.0 Å². The number of benzene rings is 2. The normalized spacial score (nSPS) is 12.1. The number of carbonyl (C=O) groups excluding carboxylic acids is 1. The molecule has 0 heterocycles. The first-order chi connectivity index (χ1) is 10.7. The van der Waals surface area contributed by atoms with Crippen LogP contribution in [-0.2, 0) is 22.6 Å². The molecule has 0 saturated carbocycles. The third kappa shape index (κ3) is 4.41. The van der Waals surface area contributed by atoms with E-state index in [1.165, 1.54) is 7.11 Å². The second-order valence-electron chi connectivity index (χ2n) is 5.10. The highest BCUT2D eigenvalue weighted by atomic mass is 16.5. The van der Waals surface area contributed by atoms with Crippen LogP contribution >= 0.6 is 0 Å². The van der Waals surface area contributed by atoms with E-state index in [2.05, 4.69) is 0 Å². The van der Waals surface area contributed by atoms with Crippen LogP contribution in [0, 0.1) is 0 Å². The minimum Gasteiger partial charge on any atom is -0.468 e. The van der Waals surface area contributed by atoms with E-state index >= 15 is 0 Å². The van der Waals surface area contributed by atoms with Gasteiger partial charge in [0.15, 0.2) is 0 Å². The summed E-state index contributed by atoms with van der Waals surface area (Å²) in [6, 6.07) is 19.1. The van der Waals surface area contributed by atoms with E-state index in [0.717, 1.165) is 11.1 Å². The molecule has 1 N–H and O–H groups in total. The number of hydrogen-bond acceptors (Lipinski definition) is 4. The molecule has 0 aliphatic carbocycles. The minimum atomic E-state index is -0.676. The van der Waals surface area contributed by atoms with Gasteiger partial charge >= 0.3 is 5.97 Å². The highest BCUT2D eigenvalue weighted by Crippen LogP contribution is 2.14. The molecule has 4 nitrogen and oxygen atoms in total. The molecule has 1 atom stereocenters. The Hall–Kier alpha value is -2.17. The molecule has 4 heteroatoms. The highest BCUT2D eigenvalue weighted by Gasteiger charge is 2.26. The average Bonchev–Trinajstić information content (AvgIpc) is 2.57. The lowest BCUT2D eigenvalue weighted by molar-refractivity contribution is -0.149. The van der Waals surface area contributed by atoms with Crippen LogP contribution in [0.25, 0.3) is 0 Å². The predicted molar refractivity (Wildman–Crippen MR) is 85.0 cm³/mol. The molecule has 0 aliphatic heterocycles. The molecule has 0 unspecified atom stereocenters. The summed E-state index contributed by atoms with van der Waals surface area (Å²) in [5, 5.41) is 9.61. The van der Waals surface area contributed by atoms with Gasteiger partial charge in [0.1, 0.15) is 6.04 Å². The Bertz CT molecular complexity index is 530. The molecule has 2 aromatic rings. The SMILES string of the molecule is COC(=O)[C@@H](CO)N(Cc1ccccc1)Cc1ccccc1. The topological polar surface area (TPSA) is 49.8 Å². The summed E-state index contributed by atoms with van der Waals surface area (Å²) >= 11 is 0. The highest BCUT2D eigenvalue weighted by molar-refractivity contribution is 5.75. The Kier molecular flexibility index (Phi) is 6.13. The number of rotatable bonds is 7. The number of aliphatic hydroxyl groups excluding tert-OH is 1. The number of carbonyl (C=O) groups is 1. The lowest BCUT2D eigenvalue weighted by atomic mass is 10.1. The Balaban J connectivity index is 2.21. The lowest BCUT2D eigenvalue weighted by Crippen LogP contribution is -2.43. The van der Waals surface area contributed by atoms with E-state index in [9.17, 15) is 9.90 Å². The number of methoxy groups -OCH3 is 1. The van der Waals surface area contributed by atoms with Crippen molar-refractivity contribution in [1.82, 2.24) is 4.90 Å². The molecule has 0 saturated heterocycles. The Morgan fingerprint density at radius 2 is 1.45 bits per heavy atom. The predicted octanol–water partition coefficient (Wildman–Crippen LogP) is 2.22. The first kappa shape index (κ1) is 16.2. The molecule has 116 valence electrons. The Morgan fingerprint density at radius 3 is 1.82 bits per heavy atom. The van der Waals surface area contributed by atoms with Crippen molar-refractivity contribution in [2.45, 2.75) is 19.1 Å². The summed E-state index contributed by atoms with van der Waals surface area (Å²) in [6.45, 7) is 0.860. The maximum atomic E-state index is 11.9. The van der Waals surface area contributed by atoms with Crippen molar-refractivity contribution in [3.8, 4) is 0 Å². The zero-order valence-electron chi connectivity index (χ0n) is 12.7. The molecule has 22 heavy (non-hydrogen) atoms.